The van der Waals surface area contributed by atoms with Crippen LogP contribution in [-0.4, -0.2) is 56.7 Å². The van der Waals surface area contributed by atoms with Gasteiger partial charge in [-0.05, 0) is 74.3 Å². The third-order valence-corrected chi connectivity index (χ3v) is 7.22. The van der Waals surface area contributed by atoms with E-state index in [1.165, 1.54) is 25.3 Å². The predicted molar refractivity (Wildman–Crippen MR) is 137 cm³/mol. The Bertz CT molecular complexity index is 1280. The molecule has 206 valence electrons. The van der Waals surface area contributed by atoms with Gasteiger partial charge in [-0.1, -0.05) is 18.2 Å². The average Bonchev–Trinajstić information content (AvgIpc) is 2.93. The lowest BCUT2D eigenvalue weighted by Crippen LogP contribution is -2.48. The van der Waals surface area contributed by atoms with Crippen molar-refractivity contribution in [3.8, 4) is 6.07 Å². The lowest BCUT2D eigenvalue weighted by molar-refractivity contribution is -0.118. The Kier molecular flexibility index (Phi) is 8.89. The van der Waals surface area contributed by atoms with E-state index in [9.17, 15) is 28.0 Å². The zero-order chi connectivity index (χ0) is 28.0. The first-order valence-electron chi connectivity index (χ1n) is 12.7. The van der Waals surface area contributed by atoms with Crippen molar-refractivity contribution >= 4 is 11.9 Å². The summed E-state index contributed by atoms with van der Waals surface area (Å²) in [7, 11) is 1.42. The molecule has 2 aliphatic rings. The predicted octanol–water partition coefficient (Wildman–Crippen LogP) is 3.42. The van der Waals surface area contributed by atoms with E-state index in [1.807, 2.05) is 0 Å². The highest BCUT2D eigenvalue weighted by Gasteiger charge is 2.36. The molecule has 8 nitrogen and oxygen atoms in total. The molecule has 39 heavy (non-hydrogen) atoms. The minimum absolute atomic E-state index is 0.0567. The second-order valence-electron chi connectivity index (χ2n) is 9.68. The van der Waals surface area contributed by atoms with Crippen LogP contribution in [0.5, 0.6) is 0 Å². The number of piperidine rings is 1. The third kappa shape index (κ3) is 6.41. The maximum atomic E-state index is 13.9. The van der Waals surface area contributed by atoms with E-state index in [0.29, 0.717) is 45.4 Å². The molecule has 0 bridgehead atoms. The Morgan fingerprint density at radius 1 is 1.15 bits per heavy atom. The van der Waals surface area contributed by atoms with Gasteiger partial charge in [0, 0.05) is 13.7 Å². The molecule has 0 unspecified atom stereocenters. The smallest absolute Gasteiger partial charge is 0.319 e. The zero-order valence-electron chi connectivity index (χ0n) is 21.5. The summed E-state index contributed by atoms with van der Waals surface area (Å²) in [6, 6.07) is 10.2. The summed E-state index contributed by atoms with van der Waals surface area (Å²) in [6.45, 7) is 2.35. The first-order chi connectivity index (χ1) is 18.8. The Balaban J connectivity index is 1.36. The number of halogens is 3. The van der Waals surface area contributed by atoms with E-state index in [2.05, 4.69) is 26.9 Å². The fourth-order valence-electron chi connectivity index (χ4n) is 5.08. The van der Waals surface area contributed by atoms with Crippen LogP contribution in [0.15, 0.2) is 53.7 Å². The molecule has 0 aliphatic carbocycles. The van der Waals surface area contributed by atoms with Crippen molar-refractivity contribution in [2.75, 3.05) is 39.9 Å². The van der Waals surface area contributed by atoms with Gasteiger partial charge in [0.2, 0.25) is 0 Å². The van der Waals surface area contributed by atoms with Crippen molar-refractivity contribution in [1.82, 2.24) is 20.9 Å². The number of nitriles is 1. The van der Waals surface area contributed by atoms with Crippen molar-refractivity contribution < 1.29 is 27.5 Å². The molecule has 1 atom stereocenters. The number of nitrogens with one attached hydrogen (secondary N) is 3. The fourth-order valence-corrected chi connectivity index (χ4v) is 5.08. The number of likely N-dealkylation sites (tertiary alicyclic amines) is 1. The minimum Gasteiger partial charge on any atom is -0.378 e. The lowest BCUT2D eigenvalue weighted by atomic mass is 9.74. The average molecular weight is 542 g/mol. The van der Waals surface area contributed by atoms with Gasteiger partial charge in [0.1, 0.15) is 5.82 Å². The molecule has 11 heteroatoms. The first-order valence-corrected chi connectivity index (χ1v) is 12.7. The van der Waals surface area contributed by atoms with Gasteiger partial charge >= 0.3 is 6.03 Å². The summed E-state index contributed by atoms with van der Waals surface area (Å²) in [5, 5.41) is 17.9. The molecule has 2 aromatic carbocycles. The van der Waals surface area contributed by atoms with Crippen LogP contribution in [0.4, 0.5) is 18.0 Å². The van der Waals surface area contributed by atoms with Crippen molar-refractivity contribution in [3.05, 3.63) is 82.3 Å². The summed E-state index contributed by atoms with van der Waals surface area (Å²) >= 11 is 0. The van der Waals surface area contributed by atoms with E-state index < -0.39 is 35.0 Å². The monoisotopic (exact) mass is 541 g/mol. The fraction of sp³-hybridized carbons (Fsp3) is 0.393. The van der Waals surface area contributed by atoms with Crippen LogP contribution in [0.1, 0.15) is 36.4 Å². The molecule has 0 spiro atoms. The molecule has 4 rings (SSSR count). The second kappa shape index (κ2) is 12.3. The summed E-state index contributed by atoms with van der Waals surface area (Å²) in [4.78, 5) is 27.6. The van der Waals surface area contributed by atoms with E-state index in [-0.39, 0.29) is 29.3 Å². The van der Waals surface area contributed by atoms with Crippen LogP contribution in [-0.2, 0) is 14.9 Å². The molecule has 3 N–H and O–H groups in total. The van der Waals surface area contributed by atoms with Crippen LogP contribution in [0, 0.1) is 28.8 Å². The van der Waals surface area contributed by atoms with Crippen molar-refractivity contribution in [3.63, 3.8) is 0 Å². The molecule has 2 heterocycles. The number of urea groups is 1. The van der Waals surface area contributed by atoms with Crippen LogP contribution >= 0.6 is 0 Å². The van der Waals surface area contributed by atoms with E-state index in [1.54, 1.807) is 12.1 Å². The number of carbonyl (C=O) groups is 2. The molecule has 0 radical (unpaired) electrons. The summed E-state index contributed by atoms with van der Waals surface area (Å²) in [6.07, 6.45) is 1.87. The van der Waals surface area contributed by atoms with Crippen molar-refractivity contribution in [2.45, 2.75) is 30.7 Å². The summed E-state index contributed by atoms with van der Waals surface area (Å²) < 4.78 is 45.9. The van der Waals surface area contributed by atoms with Gasteiger partial charge in [0.25, 0.3) is 5.91 Å². The topological polar surface area (TPSA) is 106 Å². The SMILES string of the molecule is COCC1=C(C(=O)NCCCN2CCC(C#N)(c3ccc(F)cc3)CC2)[C@@H](c2ccc(F)c(F)c2)NC(=O)N1. The highest BCUT2D eigenvalue weighted by atomic mass is 19.2. The summed E-state index contributed by atoms with van der Waals surface area (Å²) in [5.74, 6) is -2.93. The quantitative estimate of drug-likeness (QED) is 0.422. The number of nitrogens with zero attached hydrogens (tertiary/aromatic N) is 2. The number of hydrogen-bond donors (Lipinski definition) is 3. The molecule has 2 aliphatic heterocycles. The largest absolute Gasteiger partial charge is 0.378 e. The highest BCUT2D eigenvalue weighted by Crippen LogP contribution is 2.35. The Morgan fingerprint density at radius 2 is 1.87 bits per heavy atom. The molecule has 1 fully saturated rings. The van der Waals surface area contributed by atoms with Gasteiger partial charge in [-0.2, -0.15) is 5.26 Å². The molecule has 0 saturated carbocycles. The van der Waals surface area contributed by atoms with Gasteiger partial charge in [-0.3, -0.25) is 4.79 Å². The van der Waals surface area contributed by atoms with Gasteiger partial charge < -0.3 is 25.6 Å². The van der Waals surface area contributed by atoms with Crippen LogP contribution in [0.2, 0.25) is 0 Å². The van der Waals surface area contributed by atoms with Crippen LogP contribution < -0.4 is 16.0 Å². The van der Waals surface area contributed by atoms with Crippen LogP contribution in [0.25, 0.3) is 0 Å². The first kappa shape index (κ1) is 28.1. The third-order valence-electron chi connectivity index (χ3n) is 7.22. The van der Waals surface area contributed by atoms with Gasteiger partial charge in [-0.25, -0.2) is 18.0 Å². The highest BCUT2D eigenvalue weighted by molar-refractivity contribution is 5.98. The van der Waals surface area contributed by atoms with Gasteiger partial charge in [-0.15, -0.1) is 0 Å². The normalized spacial score (nSPS) is 19.2. The zero-order valence-corrected chi connectivity index (χ0v) is 21.5. The van der Waals surface area contributed by atoms with Crippen molar-refractivity contribution in [1.29, 1.82) is 5.26 Å². The molecular weight excluding hydrogens is 511 g/mol. The molecule has 0 aromatic heterocycles. The summed E-state index contributed by atoms with van der Waals surface area (Å²) in [5.41, 5.74) is 0.785. The molecule has 2 aromatic rings. The Hall–Kier alpha value is -3.88. The Morgan fingerprint density at radius 3 is 2.51 bits per heavy atom. The number of amides is 3. The molecule has 3 amide bonds. The lowest BCUT2D eigenvalue weighted by Gasteiger charge is -2.37. The van der Waals surface area contributed by atoms with E-state index in [0.717, 1.165) is 17.7 Å². The number of carbonyl (C=O) groups excluding carboxylic acids is 2. The molecule has 1 saturated heterocycles. The maximum absolute atomic E-state index is 13.9. The van der Waals surface area contributed by atoms with Crippen LogP contribution in [0.3, 0.4) is 0 Å². The Labute approximate surface area is 224 Å². The van der Waals surface area contributed by atoms with Gasteiger partial charge in [0.05, 0.1) is 35.4 Å². The number of rotatable bonds is 9. The number of ether oxygens (including phenoxy) is 1. The van der Waals surface area contributed by atoms with Gasteiger partial charge in [0.15, 0.2) is 11.6 Å². The number of hydrogen-bond acceptors (Lipinski definition) is 5. The molecular formula is C28H30F3N5O3. The standard InChI is InChI=1S/C28H30F3N5O3/c1-39-16-23-24(25(35-27(38)34-23)18-3-8-21(30)22(31)15-18)26(37)33-11-2-12-36-13-9-28(17-32,10-14-36)19-4-6-20(29)7-5-19/h3-8,15,25H,2,9-14,16H2,1H3,(H,33,37)(H2,34,35,38)/t25-/m1/s1. The van der Waals surface area contributed by atoms with Crippen molar-refractivity contribution in [2.24, 2.45) is 0 Å². The number of methoxy groups -OCH3 is 1. The van der Waals surface area contributed by atoms with E-state index in [4.69, 9.17) is 4.74 Å². The van der Waals surface area contributed by atoms with E-state index >= 15 is 0 Å². The number of benzene rings is 2. The minimum atomic E-state index is -1.09. The maximum Gasteiger partial charge on any atom is 0.319 e. The second-order valence-corrected chi connectivity index (χ2v) is 9.68.